The summed E-state index contributed by atoms with van der Waals surface area (Å²) in [5, 5.41) is 2.47. The van der Waals surface area contributed by atoms with Crippen LogP contribution in [0.4, 0.5) is 0 Å². The summed E-state index contributed by atoms with van der Waals surface area (Å²) in [5.74, 6) is 0.892. The van der Waals surface area contributed by atoms with Crippen LogP contribution in [-0.2, 0) is 4.79 Å². The van der Waals surface area contributed by atoms with Crippen LogP contribution < -0.4 is 25.6 Å². The van der Waals surface area contributed by atoms with Gasteiger partial charge in [-0.05, 0) is 61.8 Å². The van der Waals surface area contributed by atoms with Gasteiger partial charge in [0.2, 0.25) is 0 Å². The predicted octanol–water partition coefficient (Wildman–Crippen LogP) is 3.13. The first-order valence-corrected chi connectivity index (χ1v) is 10.1. The molecule has 2 aromatic carbocycles. The van der Waals surface area contributed by atoms with Crippen molar-refractivity contribution in [2.45, 2.75) is 27.2 Å². The van der Waals surface area contributed by atoms with Gasteiger partial charge in [0, 0.05) is 5.56 Å². The van der Waals surface area contributed by atoms with Crippen LogP contribution in [0, 0.1) is 12.8 Å². The zero-order valence-electron chi connectivity index (χ0n) is 17.4. The van der Waals surface area contributed by atoms with Gasteiger partial charge in [0.05, 0.1) is 6.61 Å². The SMILES string of the molecule is Cc1ccc(OCC(=O)NNC(=S)NC(=O)c2cccc(OCCC(C)C)c2)cc1. The third-order valence-electron chi connectivity index (χ3n) is 3.99. The maximum Gasteiger partial charge on any atom is 0.276 e. The van der Waals surface area contributed by atoms with E-state index in [-0.39, 0.29) is 11.7 Å². The smallest absolute Gasteiger partial charge is 0.276 e. The van der Waals surface area contributed by atoms with Crippen LogP contribution in [0.25, 0.3) is 0 Å². The van der Waals surface area contributed by atoms with Crippen LogP contribution in [0.15, 0.2) is 48.5 Å². The zero-order valence-corrected chi connectivity index (χ0v) is 18.2. The maximum absolute atomic E-state index is 12.3. The highest BCUT2D eigenvalue weighted by molar-refractivity contribution is 7.80. The third-order valence-corrected chi connectivity index (χ3v) is 4.20. The summed E-state index contributed by atoms with van der Waals surface area (Å²) in [5.41, 5.74) is 6.35. The van der Waals surface area contributed by atoms with Gasteiger partial charge in [-0.1, -0.05) is 37.6 Å². The lowest BCUT2D eigenvalue weighted by molar-refractivity contribution is -0.123. The zero-order chi connectivity index (χ0) is 21.9. The first kappa shape index (κ1) is 23.2. The van der Waals surface area contributed by atoms with Crippen molar-refractivity contribution in [3.05, 3.63) is 59.7 Å². The molecular weight excluding hydrogens is 402 g/mol. The van der Waals surface area contributed by atoms with Gasteiger partial charge in [-0.2, -0.15) is 0 Å². The van der Waals surface area contributed by atoms with Crippen LogP contribution in [-0.4, -0.2) is 30.1 Å². The molecule has 7 nitrogen and oxygen atoms in total. The maximum atomic E-state index is 12.3. The molecule has 2 aromatic rings. The number of hydrazine groups is 1. The van der Waals surface area contributed by atoms with Gasteiger partial charge in [0.15, 0.2) is 11.7 Å². The fourth-order valence-corrected chi connectivity index (χ4v) is 2.44. The minimum atomic E-state index is -0.437. The Morgan fingerprint density at radius 3 is 2.43 bits per heavy atom. The number of benzene rings is 2. The van der Waals surface area contributed by atoms with E-state index in [0.29, 0.717) is 29.6 Å². The molecule has 0 radical (unpaired) electrons. The van der Waals surface area contributed by atoms with E-state index < -0.39 is 11.8 Å². The average Bonchev–Trinajstić information content (AvgIpc) is 2.72. The molecule has 2 rings (SSSR count). The topological polar surface area (TPSA) is 88.7 Å². The number of ether oxygens (including phenoxy) is 2. The highest BCUT2D eigenvalue weighted by atomic mass is 32.1. The van der Waals surface area contributed by atoms with Gasteiger partial charge in [0.1, 0.15) is 11.5 Å². The van der Waals surface area contributed by atoms with Gasteiger partial charge < -0.3 is 9.47 Å². The monoisotopic (exact) mass is 429 g/mol. The van der Waals surface area contributed by atoms with Gasteiger partial charge >= 0.3 is 0 Å². The van der Waals surface area contributed by atoms with E-state index in [9.17, 15) is 9.59 Å². The molecule has 3 N–H and O–H groups in total. The van der Waals surface area contributed by atoms with E-state index in [1.807, 2.05) is 19.1 Å². The number of carbonyl (C=O) groups is 2. The van der Waals surface area contributed by atoms with Crippen molar-refractivity contribution in [1.29, 1.82) is 0 Å². The largest absolute Gasteiger partial charge is 0.494 e. The van der Waals surface area contributed by atoms with Crippen LogP contribution in [0.5, 0.6) is 11.5 Å². The molecule has 0 spiro atoms. The third kappa shape index (κ3) is 8.48. The number of nitrogens with one attached hydrogen (secondary N) is 3. The Morgan fingerprint density at radius 1 is 1.00 bits per heavy atom. The Labute approximate surface area is 182 Å². The van der Waals surface area contributed by atoms with Crippen LogP contribution in [0.3, 0.4) is 0 Å². The Bertz CT molecular complexity index is 869. The minimum absolute atomic E-state index is 0.0326. The summed E-state index contributed by atoms with van der Waals surface area (Å²) in [4.78, 5) is 24.2. The summed E-state index contributed by atoms with van der Waals surface area (Å²) >= 11 is 5.04. The van der Waals surface area contributed by atoms with E-state index >= 15 is 0 Å². The molecule has 30 heavy (non-hydrogen) atoms. The molecular formula is C22H27N3O4S. The Morgan fingerprint density at radius 2 is 1.73 bits per heavy atom. The van der Waals surface area contributed by atoms with E-state index in [1.54, 1.807) is 36.4 Å². The van der Waals surface area contributed by atoms with Crippen molar-refractivity contribution >= 4 is 29.1 Å². The van der Waals surface area contributed by atoms with E-state index in [4.69, 9.17) is 21.7 Å². The molecule has 0 saturated carbocycles. The molecule has 160 valence electrons. The molecule has 0 atom stereocenters. The van der Waals surface area contributed by atoms with Crippen LogP contribution in [0.1, 0.15) is 36.2 Å². The molecule has 0 bridgehead atoms. The normalized spacial score (nSPS) is 10.3. The van der Waals surface area contributed by atoms with E-state index in [0.717, 1.165) is 12.0 Å². The molecule has 8 heteroatoms. The van der Waals surface area contributed by atoms with E-state index in [2.05, 4.69) is 30.0 Å². The second-order valence-corrected chi connectivity index (χ2v) is 7.53. The number of aryl methyl sites for hydroxylation is 1. The number of hydrogen-bond donors (Lipinski definition) is 3. The summed E-state index contributed by atoms with van der Waals surface area (Å²) in [7, 11) is 0. The minimum Gasteiger partial charge on any atom is -0.494 e. The molecule has 0 heterocycles. The lowest BCUT2D eigenvalue weighted by atomic mass is 10.1. The van der Waals surface area contributed by atoms with Crippen LogP contribution >= 0.6 is 12.2 Å². The molecule has 0 aromatic heterocycles. The lowest BCUT2D eigenvalue weighted by Gasteiger charge is -2.12. The molecule has 0 saturated heterocycles. The van der Waals surface area contributed by atoms with Crippen molar-refractivity contribution in [3.8, 4) is 11.5 Å². The fourth-order valence-electron chi connectivity index (χ4n) is 2.29. The molecule has 0 aliphatic heterocycles. The Balaban J connectivity index is 1.74. The van der Waals surface area contributed by atoms with Gasteiger partial charge in [-0.15, -0.1) is 0 Å². The lowest BCUT2D eigenvalue weighted by Crippen LogP contribution is -2.49. The summed E-state index contributed by atoms with van der Waals surface area (Å²) in [6.07, 6.45) is 0.928. The molecule has 0 aliphatic rings. The summed E-state index contributed by atoms with van der Waals surface area (Å²) in [6.45, 7) is 6.59. The van der Waals surface area contributed by atoms with Crippen molar-refractivity contribution in [1.82, 2.24) is 16.2 Å². The van der Waals surface area contributed by atoms with E-state index in [1.165, 1.54) is 0 Å². The van der Waals surface area contributed by atoms with Crippen molar-refractivity contribution in [2.24, 2.45) is 5.92 Å². The summed E-state index contributed by atoms with van der Waals surface area (Å²) in [6, 6.07) is 14.2. The van der Waals surface area contributed by atoms with Crippen molar-refractivity contribution < 1.29 is 19.1 Å². The second kappa shape index (κ2) is 11.8. The van der Waals surface area contributed by atoms with Crippen molar-refractivity contribution in [2.75, 3.05) is 13.2 Å². The quantitative estimate of drug-likeness (QED) is 0.441. The first-order valence-electron chi connectivity index (χ1n) is 9.66. The summed E-state index contributed by atoms with van der Waals surface area (Å²) < 4.78 is 11.0. The number of rotatable bonds is 8. The standard InChI is InChI=1S/C22H27N3O4S/c1-15(2)11-12-28-19-6-4-5-17(13-19)21(27)23-22(30)25-24-20(26)14-29-18-9-7-16(3)8-10-18/h4-10,13,15H,11-12,14H2,1-3H3,(H,24,26)(H2,23,25,27,30). The van der Waals surface area contributed by atoms with Gasteiger partial charge in [-0.25, -0.2) is 0 Å². The average molecular weight is 430 g/mol. The number of amides is 2. The van der Waals surface area contributed by atoms with Gasteiger partial charge in [-0.3, -0.25) is 25.8 Å². The number of thiocarbonyl (C=S) groups is 1. The highest BCUT2D eigenvalue weighted by Crippen LogP contribution is 2.14. The molecule has 0 aliphatic carbocycles. The second-order valence-electron chi connectivity index (χ2n) is 7.12. The molecule has 0 fully saturated rings. The fraction of sp³-hybridized carbons (Fsp3) is 0.318. The first-order chi connectivity index (χ1) is 14.3. The Kier molecular flexibility index (Phi) is 9.08. The molecule has 0 unspecified atom stereocenters. The van der Waals surface area contributed by atoms with Crippen LogP contribution in [0.2, 0.25) is 0 Å². The highest BCUT2D eigenvalue weighted by Gasteiger charge is 2.10. The number of hydrogen-bond acceptors (Lipinski definition) is 5. The Hall–Kier alpha value is -3.13. The predicted molar refractivity (Wildman–Crippen MR) is 119 cm³/mol. The molecule has 2 amide bonds. The van der Waals surface area contributed by atoms with Crippen molar-refractivity contribution in [3.63, 3.8) is 0 Å². The number of carbonyl (C=O) groups excluding carboxylic acids is 2. The van der Waals surface area contributed by atoms with Gasteiger partial charge in [0.25, 0.3) is 11.8 Å².